The molecular formula is C17H22FNO. The summed E-state index contributed by atoms with van der Waals surface area (Å²) < 4.78 is 14.1. The minimum absolute atomic E-state index is 0.129. The molecule has 2 aliphatic rings. The van der Waals surface area contributed by atoms with E-state index in [2.05, 4.69) is 0 Å². The SMILES string of the molecule is Cc1cccc(C(=O)N2CCC3CCCCC3C2)c1F. The van der Waals surface area contributed by atoms with Crippen LogP contribution in [0, 0.1) is 24.6 Å². The van der Waals surface area contributed by atoms with Gasteiger partial charge in [0.2, 0.25) is 0 Å². The Morgan fingerprint density at radius 2 is 1.95 bits per heavy atom. The first-order chi connectivity index (χ1) is 9.66. The molecule has 1 aromatic carbocycles. The Kier molecular flexibility index (Phi) is 3.77. The van der Waals surface area contributed by atoms with Gasteiger partial charge in [0.05, 0.1) is 5.56 Å². The maximum Gasteiger partial charge on any atom is 0.256 e. The molecule has 1 saturated carbocycles. The van der Waals surface area contributed by atoms with E-state index < -0.39 is 0 Å². The van der Waals surface area contributed by atoms with E-state index in [1.807, 2.05) is 4.90 Å². The highest BCUT2D eigenvalue weighted by molar-refractivity contribution is 5.94. The number of carbonyl (C=O) groups is 1. The summed E-state index contributed by atoms with van der Waals surface area (Å²) in [6.45, 7) is 3.31. The van der Waals surface area contributed by atoms with Crippen LogP contribution in [0.3, 0.4) is 0 Å². The summed E-state index contributed by atoms with van der Waals surface area (Å²) >= 11 is 0. The van der Waals surface area contributed by atoms with Crippen molar-refractivity contribution in [2.45, 2.75) is 39.0 Å². The van der Waals surface area contributed by atoms with Crippen LogP contribution in [0.4, 0.5) is 4.39 Å². The highest BCUT2D eigenvalue weighted by Crippen LogP contribution is 2.36. The molecule has 1 saturated heterocycles. The van der Waals surface area contributed by atoms with Gasteiger partial charge in [0.25, 0.3) is 5.91 Å². The summed E-state index contributed by atoms with van der Waals surface area (Å²) in [7, 11) is 0. The molecule has 2 fully saturated rings. The van der Waals surface area contributed by atoms with Gasteiger partial charge in [0.15, 0.2) is 0 Å². The van der Waals surface area contributed by atoms with Crippen molar-refractivity contribution < 1.29 is 9.18 Å². The van der Waals surface area contributed by atoms with Gasteiger partial charge in [-0.05, 0) is 43.2 Å². The van der Waals surface area contributed by atoms with E-state index in [1.165, 1.54) is 25.7 Å². The molecule has 0 radical (unpaired) electrons. The summed E-state index contributed by atoms with van der Waals surface area (Å²) in [5.74, 6) is 0.933. The number of benzene rings is 1. The van der Waals surface area contributed by atoms with Crippen LogP contribution in [0.5, 0.6) is 0 Å². The van der Waals surface area contributed by atoms with Crippen molar-refractivity contribution in [2.75, 3.05) is 13.1 Å². The normalized spacial score (nSPS) is 26.2. The number of fused-ring (bicyclic) bond motifs is 1. The molecule has 20 heavy (non-hydrogen) atoms. The van der Waals surface area contributed by atoms with E-state index in [1.54, 1.807) is 25.1 Å². The molecule has 1 heterocycles. The Labute approximate surface area is 120 Å². The maximum absolute atomic E-state index is 14.1. The Balaban J connectivity index is 1.76. The van der Waals surface area contributed by atoms with Gasteiger partial charge in [0.1, 0.15) is 5.82 Å². The van der Waals surface area contributed by atoms with Gasteiger partial charge in [-0.3, -0.25) is 4.79 Å². The standard InChI is InChI=1S/C17H22FNO/c1-12-5-4-8-15(16(12)18)17(20)19-10-9-13-6-2-3-7-14(13)11-19/h4-5,8,13-14H,2-3,6-7,9-11H2,1H3. The molecule has 108 valence electrons. The Hall–Kier alpha value is -1.38. The lowest BCUT2D eigenvalue weighted by Gasteiger charge is -2.41. The zero-order valence-corrected chi connectivity index (χ0v) is 12.1. The summed E-state index contributed by atoms with van der Waals surface area (Å²) in [5.41, 5.74) is 0.780. The minimum Gasteiger partial charge on any atom is -0.338 e. The van der Waals surface area contributed by atoms with Crippen LogP contribution < -0.4 is 0 Å². The highest BCUT2D eigenvalue weighted by Gasteiger charge is 2.33. The first-order valence-electron chi connectivity index (χ1n) is 7.71. The van der Waals surface area contributed by atoms with Gasteiger partial charge < -0.3 is 4.90 Å². The largest absolute Gasteiger partial charge is 0.338 e. The third-order valence-corrected chi connectivity index (χ3v) is 5.00. The monoisotopic (exact) mass is 275 g/mol. The van der Waals surface area contributed by atoms with Crippen molar-refractivity contribution >= 4 is 5.91 Å². The first-order valence-corrected chi connectivity index (χ1v) is 7.71. The van der Waals surface area contributed by atoms with Gasteiger partial charge in [-0.25, -0.2) is 4.39 Å². The molecule has 0 bridgehead atoms. The maximum atomic E-state index is 14.1. The van der Waals surface area contributed by atoms with Crippen molar-refractivity contribution in [1.29, 1.82) is 0 Å². The summed E-state index contributed by atoms with van der Waals surface area (Å²) in [4.78, 5) is 14.4. The van der Waals surface area contributed by atoms with Crippen molar-refractivity contribution in [2.24, 2.45) is 11.8 Å². The molecule has 2 atom stereocenters. The molecule has 1 aromatic rings. The van der Waals surface area contributed by atoms with Gasteiger partial charge in [-0.2, -0.15) is 0 Å². The van der Waals surface area contributed by atoms with E-state index in [0.29, 0.717) is 11.5 Å². The van der Waals surface area contributed by atoms with E-state index in [0.717, 1.165) is 25.4 Å². The lowest BCUT2D eigenvalue weighted by molar-refractivity contribution is 0.0516. The number of likely N-dealkylation sites (tertiary alicyclic amines) is 1. The summed E-state index contributed by atoms with van der Waals surface area (Å²) in [6, 6.07) is 5.08. The minimum atomic E-state index is -0.358. The van der Waals surface area contributed by atoms with Crippen molar-refractivity contribution in [1.82, 2.24) is 4.90 Å². The molecule has 3 heteroatoms. The van der Waals surface area contributed by atoms with Gasteiger partial charge in [0, 0.05) is 13.1 Å². The highest BCUT2D eigenvalue weighted by atomic mass is 19.1. The van der Waals surface area contributed by atoms with Crippen LogP contribution in [0.1, 0.15) is 48.0 Å². The lowest BCUT2D eigenvalue weighted by atomic mass is 9.75. The number of nitrogens with zero attached hydrogens (tertiary/aromatic N) is 1. The second-order valence-corrected chi connectivity index (χ2v) is 6.28. The average molecular weight is 275 g/mol. The van der Waals surface area contributed by atoms with E-state index in [9.17, 15) is 9.18 Å². The number of carbonyl (C=O) groups excluding carboxylic acids is 1. The zero-order valence-electron chi connectivity index (χ0n) is 12.1. The predicted octanol–water partition coefficient (Wildman–Crippen LogP) is 3.79. The number of rotatable bonds is 1. The van der Waals surface area contributed by atoms with Crippen LogP contribution in [0.2, 0.25) is 0 Å². The van der Waals surface area contributed by atoms with E-state index in [-0.39, 0.29) is 17.3 Å². The van der Waals surface area contributed by atoms with Crippen LogP contribution in [-0.2, 0) is 0 Å². The lowest BCUT2D eigenvalue weighted by Crippen LogP contribution is -2.45. The molecule has 1 amide bonds. The van der Waals surface area contributed by atoms with Gasteiger partial charge >= 0.3 is 0 Å². The molecule has 0 aromatic heterocycles. The topological polar surface area (TPSA) is 20.3 Å². The Morgan fingerprint density at radius 3 is 2.75 bits per heavy atom. The van der Waals surface area contributed by atoms with Crippen molar-refractivity contribution in [3.8, 4) is 0 Å². The Bertz CT molecular complexity index is 514. The number of amides is 1. The second-order valence-electron chi connectivity index (χ2n) is 6.28. The number of piperidine rings is 1. The smallest absolute Gasteiger partial charge is 0.256 e. The molecule has 1 aliphatic heterocycles. The number of hydrogen-bond acceptors (Lipinski definition) is 1. The predicted molar refractivity (Wildman–Crippen MR) is 77.1 cm³/mol. The number of hydrogen-bond donors (Lipinski definition) is 0. The van der Waals surface area contributed by atoms with Gasteiger partial charge in [-0.1, -0.05) is 31.4 Å². The van der Waals surface area contributed by atoms with Crippen LogP contribution >= 0.6 is 0 Å². The van der Waals surface area contributed by atoms with Gasteiger partial charge in [-0.15, -0.1) is 0 Å². The third-order valence-electron chi connectivity index (χ3n) is 5.00. The molecule has 2 unspecified atom stereocenters. The second kappa shape index (κ2) is 5.55. The van der Waals surface area contributed by atoms with Crippen molar-refractivity contribution in [3.63, 3.8) is 0 Å². The van der Waals surface area contributed by atoms with Crippen LogP contribution in [-0.4, -0.2) is 23.9 Å². The fourth-order valence-electron chi connectivity index (χ4n) is 3.77. The van der Waals surface area contributed by atoms with E-state index in [4.69, 9.17) is 0 Å². The summed E-state index contributed by atoms with van der Waals surface area (Å²) in [6.07, 6.45) is 6.24. The van der Waals surface area contributed by atoms with Crippen LogP contribution in [0.15, 0.2) is 18.2 Å². The van der Waals surface area contributed by atoms with Crippen molar-refractivity contribution in [3.05, 3.63) is 35.1 Å². The molecule has 2 nitrogen and oxygen atoms in total. The molecule has 0 N–H and O–H groups in total. The fraction of sp³-hybridized carbons (Fsp3) is 0.588. The molecule has 1 aliphatic carbocycles. The number of aryl methyl sites for hydroxylation is 1. The third kappa shape index (κ3) is 2.46. The number of halogens is 1. The quantitative estimate of drug-likeness (QED) is 0.763. The first kappa shape index (κ1) is 13.6. The van der Waals surface area contributed by atoms with Crippen LogP contribution in [0.25, 0.3) is 0 Å². The summed E-state index contributed by atoms with van der Waals surface area (Å²) in [5, 5.41) is 0. The molecule has 0 spiro atoms. The molecule has 3 rings (SSSR count). The zero-order chi connectivity index (χ0) is 14.1. The Morgan fingerprint density at radius 1 is 1.20 bits per heavy atom. The van der Waals surface area contributed by atoms with E-state index >= 15 is 0 Å². The fourth-order valence-corrected chi connectivity index (χ4v) is 3.77. The average Bonchev–Trinajstić information content (AvgIpc) is 2.49. The molecular weight excluding hydrogens is 253 g/mol.